The lowest BCUT2D eigenvalue weighted by atomic mass is 10.1. The third kappa shape index (κ3) is 2.11. The van der Waals surface area contributed by atoms with E-state index < -0.39 is 11.0 Å². The number of aromatic nitrogens is 2. The molecule has 4 nitrogen and oxygen atoms in total. The summed E-state index contributed by atoms with van der Waals surface area (Å²) in [5, 5.41) is 5.22. The number of rotatable bonds is 2. The zero-order valence-electron chi connectivity index (χ0n) is 8.01. The zero-order chi connectivity index (χ0) is 10.8. The molecule has 0 amide bonds. The van der Waals surface area contributed by atoms with Gasteiger partial charge in [-0.1, -0.05) is 24.3 Å². The Labute approximate surface area is 93.9 Å². The van der Waals surface area contributed by atoms with E-state index in [1.807, 2.05) is 31.2 Å². The summed E-state index contributed by atoms with van der Waals surface area (Å²) in [4.78, 5) is 4.12. The van der Waals surface area contributed by atoms with Crippen molar-refractivity contribution >= 4 is 22.5 Å². The normalized spacial score (nSPS) is 12.7. The van der Waals surface area contributed by atoms with E-state index in [4.69, 9.17) is 5.14 Å². The molecule has 1 atom stereocenters. The second-order valence-corrected chi connectivity index (χ2v) is 4.99. The van der Waals surface area contributed by atoms with Crippen molar-refractivity contribution in [1.29, 1.82) is 0 Å². The summed E-state index contributed by atoms with van der Waals surface area (Å²) < 4.78 is 15.5. The van der Waals surface area contributed by atoms with Crippen LogP contribution in [0.2, 0.25) is 0 Å². The van der Waals surface area contributed by atoms with Gasteiger partial charge in [0.1, 0.15) is 0 Å². The molecular weight excluding hydrogens is 230 g/mol. The standard InChI is InChI=1S/C9H9N3OS2/c1-6-4-2-3-5-7(6)8-11-9(14-12-8)15(10)13/h2-5H,10H2,1H3. The van der Waals surface area contributed by atoms with E-state index in [0.717, 1.165) is 22.7 Å². The number of aryl methyl sites for hydroxylation is 1. The first-order chi connectivity index (χ1) is 7.18. The molecule has 1 unspecified atom stereocenters. The van der Waals surface area contributed by atoms with Crippen LogP contribution in [-0.4, -0.2) is 13.6 Å². The Hall–Kier alpha value is -1.11. The largest absolute Gasteiger partial charge is 0.245 e. The molecule has 0 bridgehead atoms. The van der Waals surface area contributed by atoms with Crippen LogP contribution in [0.4, 0.5) is 0 Å². The fraction of sp³-hybridized carbons (Fsp3) is 0.111. The third-order valence-electron chi connectivity index (χ3n) is 1.97. The summed E-state index contributed by atoms with van der Waals surface area (Å²) >= 11 is 1.07. The second kappa shape index (κ2) is 4.18. The van der Waals surface area contributed by atoms with Gasteiger partial charge in [0, 0.05) is 5.56 Å². The Morgan fingerprint density at radius 2 is 2.13 bits per heavy atom. The van der Waals surface area contributed by atoms with Crippen molar-refractivity contribution in [3.63, 3.8) is 0 Å². The van der Waals surface area contributed by atoms with Crippen molar-refractivity contribution in [3.05, 3.63) is 29.8 Å². The minimum absolute atomic E-state index is 0.355. The van der Waals surface area contributed by atoms with Gasteiger partial charge in [-0.25, -0.2) is 14.3 Å². The van der Waals surface area contributed by atoms with Gasteiger partial charge < -0.3 is 0 Å². The van der Waals surface area contributed by atoms with Crippen molar-refractivity contribution in [2.24, 2.45) is 5.14 Å². The van der Waals surface area contributed by atoms with Gasteiger partial charge in [0.2, 0.25) is 4.34 Å². The van der Waals surface area contributed by atoms with Gasteiger partial charge in [0.25, 0.3) is 0 Å². The Balaban J connectivity index is 2.46. The lowest BCUT2D eigenvalue weighted by Gasteiger charge is -1.98. The highest BCUT2D eigenvalue weighted by Crippen LogP contribution is 2.22. The first kappa shape index (κ1) is 10.4. The maximum absolute atomic E-state index is 11.0. The van der Waals surface area contributed by atoms with Gasteiger partial charge >= 0.3 is 0 Å². The summed E-state index contributed by atoms with van der Waals surface area (Å²) in [6, 6.07) is 7.78. The van der Waals surface area contributed by atoms with Gasteiger partial charge in [-0.15, -0.1) is 0 Å². The fourth-order valence-corrected chi connectivity index (χ4v) is 2.24. The minimum Gasteiger partial charge on any atom is -0.245 e. The average Bonchev–Trinajstić information content (AvgIpc) is 2.67. The maximum Gasteiger partial charge on any atom is 0.216 e. The number of nitrogens with zero attached hydrogens (tertiary/aromatic N) is 2. The van der Waals surface area contributed by atoms with Crippen LogP contribution in [0, 0.1) is 6.92 Å². The molecule has 6 heteroatoms. The molecule has 0 saturated carbocycles. The van der Waals surface area contributed by atoms with Crippen molar-refractivity contribution in [2.45, 2.75) is 11.3 Å². The highest BCUT2D eigenvalue weighted by atomic mass is 32.2. The number of benzene rings is 1. The Morgan fingerprint density at radius 1 is 1.40 bits per heavy atom. The summed E-state index contributed by atoms with van der Waals surface area (Å²) in [7, 11) is -1.54. The van der Waals surface area contributed by atoms with Crippen LogP contribution in [0.25, 0.3) is 11.4 Å². The highest BCUT2D eigenvalue weighted by molar-refractivity contribution is 7.84. The van der Waals surface area contributed by atoms with Crippen molar-refractivity contribution in [1.82, 2.24) is 9.36 Å². The fourth-order valence-electron chi connectivity index (χ4n) is 1.22. The van der Waals surface area contributed by atoms with E-state index in [0.29, 0.717) is 10.2 Å². The molecule has 78 valence electrons. The molecule has 0 radical (unpaired) electrons. The second-order valence-electron chi connectivity index (χ2n) is 3.00. The monoisotopic (exact) mass is 239 g/mol. The van der Waals surface area contributed by atoms with E-state index in [9.17, 15) is 4.21 Å². The molecule has 1 aromatic carbocycles. The Morgan fingerprint density at radius 3 is 2.73 bits per heavy atom. The quantitative estimate of drug-likeness (QED) is 0.863. The van der Waals surface area contributed by atoms with Crippen LogP contribution in [0.15, 0.2) is 28.6 Å². The molecule has 2 N–H and O–H groups in total. The highest BCUT2D eigenvalue weighted by Gasteiger charge is 2.10. The van der Waals surface area contributed by atoms with Gasteiger partial charge in [-0.05, 0) is 24.0 Å². The van der Waals surface area contributed by atoms with Crippen LogP contribution in [0.1, 0.15) is 5.56 Å². The summed E-state index contributed by atoms with van der Waals surface area (Å²) in [5.41, 5.74) is 2.04. The van der Waals surface area contributed by atoms with E-state index in [1.165, 1.54) is 0 Å². The van der Waals surface area contributed by atoms with Crippen LogP contribution in [0.5, 0.6) is 0 Å². The van der Waals surface area contributed by atoms with E-state index >= 15 is 0 Å². The first-order valence-electron chi connectivity index (χ1n) is 4.24. The van der Waals surface area contributed by atoms with Crippen molar-refractivity contribution < 1.29 is 4.21 Å². The molecule has 0 fully saturated rings. The van der Waals surface area contributed by atoms with E-state index in [-0.39, 0.29) is 0 Å². The summed E-state index contributed by atoms with van der Waals surface area (Å²) in [6.07, 6.45) is 0. The van der Waals surface area contributed by atoms with E-state index in [1.54, 1.807) is 0 Å². The molecule has 1 heterocycles. The molecule has 0 saturated heterocycles. The van der Waals surface area contributed by atoms with Crippen LogP contribution >= 0.6 is 11.5 Å². The first-order valence-corrected chi connectivity index (χ1v) is 6.23. The molecule has 0 aliphatic rings. The molecule has 0 spiro atoms. The number of nitrogens with two attached hydrogens (primary N) is 1. The molecule has 1 aromatic heterocycles. The van der Waals surface area contributed by atoms with Crippen molar-refractivity contribution in [3.8, 4) is 11.4 Å². The molecule has 2 rings (SSSR count). The van der Waals surface area contributed by atoms with Crippen LogP contribution in [-0.2, 0) is 11.0 Å². The van der Waals surface area contributed by atoms with Gasteiger partial charge in [-0.3, -0.25) is 0 Å². The lowest BCUT2D eigenvalue weighted by Crippen LogP contribution is -2.01. The molecule has 0 aliphatic carbocycles. The number of hydrogen-bond acceptors (Lipinski definition) is 4. The SMILES string of the molecule is Cc1ccccc1-c1nsc(S(N)=O)n1. The van der Waals surface area contributed by atoms with E-state index in [2.05, 4.69) is 9.36 Å². The predicted octanol–water partition coefficient (Wildman–Crippen LogP) is 1.49. The third-order valence-corrected chi connectivity index (χ3v) is 3.63. The predicted molar refractivity (Wildman–Crippen MR) is 60.7 cm³/mol. The maximum atomic E-state index is 11.0. The topological polar surface area (TPSA) is 68.9 Å². The molecular formula is C9H9N3OS2. The smallest absolute Gasteiger partial charge is 0.216 e. The summed E-state index contributed by atoms with van der Waals surface area (Å²) in [6.45, 7) is 1.98. The van der Waals surface area contributed by atoms with Crippen LogP contribution in [0.3, 0.4) is 0 Å². The molecule has 2 aromatic rings. The zero-order valence-corrected chi connectivity index (χ0v) is 9.64. The minimum atomic E-state index is -1.54. The molecule has 0 aliphatic heterocycles. The molecule has 15 heavy (non-hydrogen) atoms. The van der Waals surface area contributed by atoms with Crippen LogP contribution < -0.4 is 5.14 Å². The lowest BCUT2D eigenvalue weighted by molar-refractivity contribution is 0.684. The van der Waals surface area contributed by atoms with Gasteiger partial charge in [0.15, 0.2) is 16.8 Å². The Kier molecular flexibility index (Phi) is 2.90. The average molecular weight is 239 g/mol. The Bertz CT molecular complexity index is 510. The van der Waals surface area contributed by atoms with Gasteiger partial charge in [-0.2, -0.15) is 4.37 Å². The number of hydrogen-bond donors (Lipinski definition) is 1. The van der Waals surface area contributed by atoms with Crippen molar-refractivity contribution in [2.75, 3.05) is 0 Å². The summed E-state index contributed by atoms with van der Waals surface area (Å²) in [5.74, 6) is 0.590. The van der Waals surface area contributed by atoms with Gasteiger partial charge in [0.05, 0.1) is 0 Å².